The van der Waals surface area contributed by atoms with Gasteiger partial charge in [-0.2, -0.15) is 0 Å². The summed E-state index contributed by atoms with van der Waals surface area (Å²) < 4.78 is 0. The van der Waals surface area contributed by atoms with Crippen LogP contribution in [0.15, 0.2) is 0 Å². The number of piperazine rings is 1. The van der Waals surface area contributed by atoms with Crippen molar-refractivity contribution in [3.63, 3.8) is 0 Å². The summed E-state index contributed by atoms with van der Waals surface area (Å²) in [6.07, 6.45) is 4.10. The standard InChI is InChI=1S/C16H27N3O2/c1-3-17-9-7-13(10-17)11-19-12(2)15(20)18-8-5-4-6-14(18)16(19)21/h12-14H,3-11H2,1-2H3. The lowest BCUT2D eigenvalue weighted by Gasteiger charge is -2.46. The molecule has 5 heteroatoms. The fraction of sp³-hybridized carbons (Fsp3) is 0.875. The quantitative estimate of drug-likeness (QED) is 0.778. The normalized spacial score (nSPS) is 34.5. The van der Waals surface area contributed by atoms with Crippen LogP contribution in [-0.4, -0.2) is 71.3 Å². The third kappa shape index (κ3) is 2.68. The van der Waals surface area contributed by atoms with Gasteiger partial charge in [0.2, 0.25) is 11.8 Å². The molecule has 0 aromatic heterocycles. The number of nitrogens with zero attached hydrogens (tertiary/aromatic N) is 3. The van der Waals surface area contributed by atoms with Crippen LogP contribution in [0.1, 0.15) is 39.5 Å². The van der Waals surface area contributed by atoms with Crippen LogP contribution in [-0.2, 0) is 9.59 Å². The Labute approximate surface area is 127 Å². The maximum atomic E-state index is 12.8. The second-order valence-electron chi connectivity index (χ2n) is 6.76. The molecule has 0 radical (unpaired) electrons. The van der Waals surface area contributed by atoms with Crippen molar-refractivity contribution in [3.05, 3.63) is 0 Å². The molecule has 0 saturated carbocycles. The molecule has 0 bridgehead atoms. The van der Waals surface area contributed by atoms with Gasteiger partial charge in [-0.25, -0.2) is 0 Å². The molecular formula is C16H27N3O2. The van der Waals surface area contributed by atoms with Crippen LogP contribution < -0.4 is 0 Å². The van der Waals surface area contributed by atoms with E-state index in [2.05, 4.69) is 11.8 Å². The van der Waals surface area contributed by atoms with E-state index in [1.807, 2.05) is 16.7 Å². The lowest BCUT2D eigenvalue weighted by atomic mass is 9.94. The molecule has 3 rings (SSSR count). The minimum absolute atomic E-state index is 0.157. The van der Waals surface area contributed by atoms with Gasteiger partial charge in [0.05, 0.1) is 0 Å². The van der Waals surface area contributed by atoms with E-state index in [1.54, 1.807) is 0 Å². The molecule has 118 valence electrons. The zero-order valence-corrected chi connectivity index (χ0v) is 13.3. The fourth-order valence-electron chi connectivity index (χ4n) is 4.08. The minimum Gasteiger partial charge on any atom is -0.329 e. The number of rotatable bonds is 3. The van der Waals surface area contributed by atoms with E-state index in [1.165, 1.54) is 0 Å². The van der Waals surface area contributed by atoms with Crippen LogP contribution in [0.5, 0.6) is 0 Å². The van der Waals surface area contributed by atoms with Gasteiger partial charge >= 0.3 is 0 Å². The molecule has 5 nitrogen and oxygen atoms in total. The Morgan fingerprint density at radius 3 is 2.62 bits per heavy atom. The molecule has 2 amide bonds. The Kier molecular flexibility index (Phi) is 4.20. The number of amides is 2. The smallest absolute Gasteiger partial charge is 0.246 e. The van der Waals surface area contributed by atoms with Gasteiger partial charge in [-0.1, -0.05) is 6.92 Å². The van der Waals surface area contributed by atoms with Crippen molar-refractivity contribution < 1.29 is 9.59 Å². The molecule has 0 aromatic rings. The van der Waals surface area contributed by atoms with Crippen molar-refractivity contribution in [2.45, 2.75) is 51.6 Å². The second-order valence-corrected chi connectivity index (χ2v) is 6.76. The predicted molar refractivity (Wildman–Crippen MR) is 80.7 cm³/mol. The molecule has 3 aliphatic heterocycles. The molecule has 3 atom stereocenters. The average Bonchev–Trinajstić information content (AvgIpc) is 2.97. The Morgan fingerprint density at radius 1 is 1.10 bits per heavy atom. The predicted octanol–water partition coefficient (Wildman–Crippen LogP) is 0.940. The van der Waals surface area contributed by atoms with Crippen LogP contribution in [0.2, 0.25) is 0 Å². The molecule has 0 N–H and O–H groups in total. The van der Waals surface area contributed by atoms with Crippen LogP contribution in [0, 0.1) is 5.92 Å². The van der Waals surface area contributed by atoms with E-state index in [0.29, 0.717) is 5.92 Å². The van der Waals surface area contributed by atoms with Crippen LogP contribution in [0.4, 0.5) is 0 Å². The highest BCUT2D eigenvalue weighted by Gasteiger charge is 2.45. The molecule has 0 spiro atoms. The van der Waals surface area contributed by atoms with Crippen molar-refractivity contribution in [2.24, 2.45) is 5.92 Å². The Morgan fingerprint density at radius 2 is 1.90 bits per heavy atom. The Balaban J connectivity index is 1.69. The highest BCUT2D eigenvalue weighted by Crippen LogP contribution is 2.28. The Hall–Kier alpha value is -1.10. The van der Waals surface area contributed by atoms with Crippen molar-refractivity contribution >= 4 is 11.8 Å². The number of likely N-dealkylation sites (tertiary alicyclic amines) is 1. The van der Waals surface area contributed by atoms with Gasteiger partial charge in [0.25, 0.3) is 0 Å². The summed E-state index contributed by atoms with van der Waals surface area (Å²) in [6.45, 7) is 8.87. The maximum Gasteiger partial charge on any atom is 0.246 e. The number of carbonyl (C=O) groups is 2. The topological polar surface area (TPSA) is 43.9 Å². The summed E-state index contributed by atoms with van der Waals surface area (Å²) in [7, 11) is 0. The minimum atomic E-state index is -0.275. The molecule has 3 heterocycles. The third-order valence-electron chi connectivity index (χ3n) is 5.45. The van der Waals surface area contributed by atoms with Gasteiger partial charge in [0, 0.05) is 19.6 Å². The van der Waals surface area contributed by atoms with Crippen molar-refractivity contribution in [1.29, 1.82) is 0 Å². The van der Waals surface area contributed by atoms with E-state index >= 15 is 0 Å². The van der Waals surface area contributed by atoms with Gasteiger partial charge < -0.3 is 14.7 Å². The zero-order chi connectivity index (χ0) is 15.0. The molecule has 3 fully saturated rings. The van der Waals surface area contributed by atoms with E-state index in [9.17, 15) is 9.59 Å². The molecule has 3 unspecified atom stereocenters. The third-order valence-corrected chi connectivity index (χ3v) is 5.45. The van der Waals surface area contributed by atoms with Crippen molar-refractivity contribution in [1.82, 2.24) is 14.7 Å². The van der Waals surface area contributed by atoms with Gasteiger partial charge in [0.1, 0.15) is 12.1 Å². The lowest BCUT2D eigenvalue weighted by Crippen LogP contribution is -2.65. The summed E-state index contributed by atoms with van der Waals surface area (Å²) in [6, 6.07) is -0.450. The highest BCUT2D eigenvalue weighted by molar-refractivity contribution is 5.96. The molecular weight excluding hydrogens is 266 g/mol. The fourth-order valence-corrected chi connectivity index (χ4v) is 4.08. The van der Waals surface area contributed by atoms with E-state index in [-0.39, 0.29) is 23.9 Å². The van der Waals surface area contributed by atoms with E-state index in [0.717, 1.165) is 58.4 Å². The summed E-state index contributed by atoms with van der Waals surface area (Å²) >= 11 is 0. The van der Waals surface area contributed by atoms with Gasteiger partial charge in [-0.15, -0.1) is 0 Å². The van der Waals surface area contributed by atoms with Crippen LogP contribution in [0.25, 0.3) is 0 Å². The number of carbonyl (C=O) groups excluding carboxylic acids is 2. The van der Waals surface area contributed by atoms with Gasteiger partial charge in [0.15, 0.2) is 0 Å². The second kappa shape index (κ2) is 5.95. The number of hydrogen-bond acceptors (Lipinski definition) is 3. The first-order valence-corrected chi connectivity index (χ1v) is 8.45. The van der Waals surface area contributed by atoms with Gasteiger partial charge in [-0.3, -0.25) is 9.59 Å². The maximum absolute atomic E-state index is 12.8. The summed E-state index contributed by atoms with van der Waals surface area (Å²) in [5.74, 6) is 0.876. The van der Waals surface area contributed by atoms with E-state index < -0.39 is 0 Å². The SMILES string of the molecule is CCN1CCC(CN2C(=O)C3CCCCN3C(=O)C2C)C1. The first-order chi connectivity index (χ1) is 10.1. The van der Waals surface area contributed by atoms with Crippen molar-refractivity contribution in [3.8, 4) is 0 Å². The summed E-state index contributed by atoms with van der Waals surface area (Å²) in [5, 5.41) is 0. The monoisotopic (exact) mass is 293 g/mol. The largest absolute Gasteiger partial charge is 0.329 e. The summed E-state index contributed by atoms with van der Waals surface area (Å²) in [4.78, 5) is 31.4. The molecule has 21 heavy (non-hydrogen) atoms. The Bertz CT molecular complexity index is 426. The lowest BCUT2D eigenvalue weighted by molar-refractivity contribution is -0.163. The molecule has 0 aliphatic carbocycles. The van der Waals surface area contributed by atoms with Crippen molar-refractivity contribution in [2.75, 3.05) is 32.7 Å². The average molecular weight is 293 g/mol. The van der Waals surface area contributed by atoms with Crippen LogP contribution >= 0.6 is 0 Å². The number of piperidine rings is 1. The van der Waals surface area contributed by atoms with Gasteiger partial charge in [-0.05, 0) is 51.6 Å². The highest BCUT2D eigenvalue weighted by atomic mass is 16.2. The zero-order valence-electron chi connectivity index (χ0n) is 13.3. The molecule has 3 saturated heterocycles. The first-order valence-electron chi connectivity index (χ1n) is 8.45. The van der Waals surface area contributed by atoms with E-state index in [4.69, 9.17) is 0 Å². The summed E-state index contributed by atoms with van der Waals surface area (Å²) in [5.41, 5.74) is 0. The first kappa shape index (κ1) is 14.8. The number of hydrogen-bond donors (Lipinski definition) is 0. The van der Waals surface area contributed by atoms with Crippen LogP contribution in [0.3, 0.4) is 0 Å². The molecule has 3 aliphatic rings. The molecule has 0 aromatic carbocycles. The number of fused-ring (bicyclic) bond motifs is 1.